The molecule has 0 aliphatic heterocycles. The average molecular weight is 399 g/mol. The minimum atomic E-state index is -0.437. The molecule has 2 rings (SSSR count). The van der Waals surface area contributed by atoms with E-state index in [2.05, 4.69) is 12.1 Å². The second-order valence-electron chi connectivity index (χ2n) is 6.95. The molecule has 0 spiro atoms. The number of aryl methyl sites for hydroxylation is 1. The van der Waals surface area contributed by atoms with Gasteiger partial charge in [0.05, 0.1) is 17.7 Å². The van der Waals surface area contributed by atoms with Crippen LogP contribution >= 0.6 is 0 Å². The SMILES string of the molecule is CCN(CC)C(=O)c1ccc(OCCCc2ccccc2)c(O)c1C(=O)N(C)C. The van der Waals surface area contributed by atoms with E-state index in [1.54, 1.807) is 31.1 Å². The zero-order chi connectivity index (χ0) is 21.4. The molecule has 0 aliphatic rings. The second kappa shape index (κ2) is 10.5. The largest absolute Gasteiger partial charge is 0.504 e. The first-order chi connectivity index (χ1) is 13.9. The highest BCUT2D eigenvalue weighted by Gasteiger charge is 2.27. The Kier molecular flexibility index (Phi) is 8.07. The predicted molar refractivity (Wildman–Crippen MR) is 114 cm³/mol. The van der Waals surface area contributed by atoms with E-state index in [0.717, 1.165) is 12.8 Å². The molecule has 1 N–H and O–H groups in total. The van der Waals surface area contributed by atoms with Crippen LogP contribution in [0.3, 0.4) is 0 Å². The molecule has 6 heteroatoms. The Morgan fingerprint density at radius 1 is 0.966 bits per heavy atom. The van der Waals surface area contributed by atoms with Gasteiger partial charge in [-0.05, 0) is 44.4 Å². The predicted octanol–water partition coefficient (Wildman–Crippen LogP) is 3.59. The van der Waals surface area contributed by atoms with Gasteiger partial charge in [0.1, 0.15) is 0 Å². The maximum absolute atomic E-state index is 12.8. The molecule has 0 fully saturated rings. The Morgan fingerprint density at radius 3 is 2.21 bits per heavy atom. The van der Waals surface area contributed by atoms with Gasteiger partial charge < -0.3 is 19.6 Å². The van der Waals surface area contributed by atoms with Gasteiger partial charge in [-0.2, -0.15) is 0 Å². The van der Waals surface area contributed by atoms with Crippen molar-refractivity contribution in [2.24, 2.45) is 0 Å². The highest BCUT2D eigenvalue weighted by molar-refractivity contribution is 6.09. The number of amides is 2. The Bertz CT molecular complexity index is 830. The number of ether oxygens (including phenoxy) is 1. The van der Waals surface area contributed by atoms with Crippen molar-refractivity contribution in [3.8, 4) is 11.5 Å². The Balaban J connectivity index is 2.22. The molecule has 0 saturated carbocycles. The molecule has 156 valence electrons. The second-order valence-corrected chi connectivity index (χ2v) is 6.95. The van der Waals surface area contributed by atoms with Gasteiger partial charge in [0.2, 0.25) is 0 Å². The molecule has 6 nitrogen and oxygen atoms in total. The Labute approximate surface area is 172 Å². The van der Waals surface area contributed by atoms with Crippen LogP contribution in [0.1, 0.15) is 46.5 Å². The topological polar surface area (TPSA) is 70.1 Å². The van der Waals surface area contributed by atoms with Gasteiger partial charge in [-0.1, -0.05) is 30.3 Å². The standard InChI is InChI=1S/C23H30N2O4/c1-5-25(6-2)22(27)18-14-15-19(21(26)20(18)23(28)24(3)4)29-16-10-13-17-11-8-7-9-12-17/h7-9,11-12,14-15,26H,5-6,10,13,16H2,1-4H3. The molecule has 0 unspecified atom stereocenters. The van der Waals surface area contributed by atoms with Crippen molar-refractivity contribution >= 4 is 11.8 Å². The summed E-state index contributed by atoms with van der Waals surface area (Å²) in [6.07, 6.45) is 1.62. The lowest BCUT2D eigenvalue weighted by atomic mass is 10.0. The zero-order valence-electron chi connectivity index (χ0n) is 17.6. The third kappa shape index (κ3) is 5.50. The number of hydrogen-bond donors (Lipinski definition) is 1. The molecule has 0 aromatic heterocycles. The molecular weight excluding hydrogens is 368 g/mol. The molecule has 2 aromatic rings. The van der Waals surface area contributed by atoms with Crippen LogP contribution in [0.5, 0.6) is 11.5 Å². The molecule has 29 heavy (non-hydrogen) atoms. The summed E-state index contributed by atoms with van der Waals surface area (Å²) in [4.78, 5) is 28.5. The summed E-state index contributed by atoms with van der Waals surface area (Å²) in [7, 11) is 3.17. The van der Waals surface area contributed by atoms with Gasteiger partial charge in [-0.25, -0.2) is 0 Å². The summed E-state index contributed by atoms with van der Waals surface area (Å²) in [5, 5.41) is 10.7. The molecule has 0 bridgehead atoms. The molecule has 0 radical (unpaired) electrons. The number of carbonyl (C=O) groups excluding carboxylic acids is 2. The van der Waals surface area contributed by atoms with Gasteiger partial charge in [0.15, 0.2) is 11.5 Å². The fourth-order valence-corrected chi connectivity index (χ4v) is 3.09. The number of phenolic OH excluding ortho intramolecular Hbond substituents is 1. The third-order valence-electron chi connectivity index (χ3n) is 4.75. The van der Waals surface area contributed by atoms with Gasteiger partial charge in [-0.15, -0.1) is 0 Å². The van der Waals surface area contributed by atoms with E-state index in [1.807, 2.05) is 32.0 Å². The monoisotopic (exact) mass is 398 g/mol. The number of carbonyl (C=O) groups is 2. The number of rotatable bonds is 9. The molecule has 2 amide bonds. The summed E-state index contributed by atoms with van der Waals surface area (Å²) >= 11 is 0. The van der Waals surface area contributed by atoms with E-state index in [1.165, 1.54) is 10.5 Å². The first-order valence-electron chi connectivity index (χ1n) is 9.94. The summed E-state index contributed by atoms with van der Waals surface area (Å²) in [6.45, 7) is 5.17. The summed E-state index contributed by atoms with van der Waals surface area (Å²) in [5.41, 5.74) is 1.37. The maximum Gasteiger partial charge on any atom is 0.258 e. The molecular formula is C23H30N2O4. The van der Waals surface area contributed by atoms with Crippen LogP contribution < -0.4 is 4.74 Å². The van der Waals surface area contributed by atoms with E-state index in [9.17, 15) is 14.7 Å². The van der Waals surface area contributed by atoms with Gasteiger partial charge >= 0.3 is 0 Å². The van der Waals surface area contributed by atoms with E-state index in [4.69, 9.17) is 4.74 Å². The third-order valence-corrected chi connectivity index (χ3v) is 4.75. The zero-order valence-corrected chi connectivity index (χ0v) is 17.6. The fraction of sp³-hybridized carbons (Fsp3) is 0.391. The quantitative estimate of drug-likeness (QED) is 0.656. The van der Waals surface area contributed by atoms with Crippen molar-refractivity contribution in [2.75, 3.05) is 33.8 Å². The van der Waals surface area contributed by atoms with E-state index >= 15 is 0 Å². The fourth-order valence-electron chi connectivity index (χ4n) is 3.09. The van der Waals surface area contributed by atoms with Crippen molar-refractivity contribution in [1.29, 1.82) is 0 Å². The Hall–Kier alpha value is -3.02. The number of aromatic hydroxyl groups is 1. The summed E-state index contributed by atoms with van der Waals surface area (Å²) in [5.74, 6) is -0.806. The van der Waals surface area contributed by atoms with Crippen molar-refractivity contribution < 1.29 is 19.4 Å². The minimum Gasteiger partial charge on any atom is -0.504 e. The lowest BCUT2D eigenvalue weighted by molar-refractivity contribution is 0.0751. The molecule has 2 aromatic carbocycles. The molecule has 0 saturated heterocycles. The van der Waals surface area contributed by atoms with Gasteiger partial charge in [-0.3, -0.25) is 9.59 Å². The molecule has 0 atom stereocenters. The lowest BCUT2D eigenvalue weighted by Gasteiger charge is -2.22. The van der Waals surface area contributed by atoms with Crippen LogP contribution in [0.2, 0.25) is 0 Å². The molecule has 0 heterocycles. The van der Waals surface area contributed by atoms with Gasteiger partial charge in [0, 0.05) is 27.2 Å². The summed E-state index contributed by atoms with van der Waals surface area (Å²) < 4.78 is 5.73. The van der Waals surface area contributed by atoms with Crippen LogP contribution in [-0.2, 0) is 6.42 Å². The molecule has 0 aliphatic carbocycles. The Morgan fingerprint density at radius 2 is 1.62 bits per heavy atom. The van der Waals surface area contributed by atoms with Crippen LogP contribution in [0.4, 0.5) is 0 Å². The lowest BCUT2D eigenvalue weighted by Crippen LogP contribution is -2.33. The van der Waals surface area contributed by atoms with Crippen molar-refractivity contribution in [2.45, 2.75) is 26.7 Å². The smallest absolute Gasteiger partial charge is 0.258 e. The first-order valence-corrected chi connectivity index (χ1v) is 9.94. The average Bonchev–Trinajstić information content (AvgIpc) is 2.72. The van der Waals surface area contributed by atoms with Crippen molar-refractivity contribution in [3.05, 3.63) is 59.2 Å². The van der Waals surface area contributed by atoms with Crippen LogP contribution in [0.25, 0.3) is 0 Å². The van der Waals surface area contributed by atoms with E-state index in [0.29, 0.717) is 19.7 Å². The van der Waals surface area contributed by atoms with E-state index < -0.39 is 5.91 Å². The van der Waals surface area contributed by atoms with E-state index in [-0.39, 0.29) is 28.5 Å². The number of phenols is 1. The number of nitrogens with zero attached hydrogens (tertiary/aromatic N) is 2. The van der Waals surface area contributed by atoms with Crippen LogP contribution in [0, 0.1) is 0 Å². The van der Waals surface area contributed by atoms with Gasteiger partial charge in [0.25, 0.3) is 11.8 Å². The van der Waals surface area contributed by atoms with Crippen LogP contribution in [0.15, 0.2) is 42.5 Å². The number of benzene rings is 2. The van der Waals surface area contributed by atoms with Crippen LogP contribution in [-0.4, -0.2) is 60.5 Å². The summed E-state index contributed by atoms with van der Waals surface area (Å²) in [6, 6.07) is 13.2. The maximum atomic E-state index is 12.8. The minimum absolute atomic E-state index is 0.0209. The van der Waals surface area contributed by atoms with Crippen molar-refractivity contribution in [3.63, 3.8) is 0 Å². The first kappa shape index (κ1) is 22.3. The number of hydrogen-bond acceptors (Lipinski definition) is 4. The highest BCUT2D eigenvalue weighted by atomic mass is 16.5. The highest BCUT2D eigenvalue weighted by Crippen LogP contribution is 2.34. The normalized spacial score (nSPS) is 10.5. The van der Waals surface area contributed by atoms with Crippen molar-refractivity contribution in [1.82, 2.24) is 9.80 Å².